The van der Waals surface area contributed by atoms with Gasteiger partial charge in [0.15, 0.2) is 0 Å². The van der Waals surface area contributed by atoms with Gasteiger partial charge in [0.05, 0.1) is 23.5 Å². The number of nitrogens with one attached hydrogen (secondary N) is 3. The highest BCUT2D eigenvalue weighted by atomic mass is 35.5. The number of ether oxygens (including phenoxy) is 1. The molecule has 2 aliphatic rings. The largest absolute Gasteiger partial charge is 0.383 e. The second-order valence-corrected chi connectivity index (χ2v) is 10.2. The number of rotatable bonds is 10. The maximum atomic E-state index is 6.52. The average Bonchev–Trinajstić information content (AvgIpc) is 3.53. The monoisotopic (exact) mass is 477 g/mol. The van der Waals surface area contributed by atoms with Crippen LogP contribution in [0.3, 0.4) is 0 Å². The smallest absolute Gasteiger partial charge is 0.137 e. The molecule has 0 spiro atoms. The summed E-state index contributed by atoms with van der Waals surface area (Å²) in [5.41, 5.74) is 3.03. The maximum absolute atomic E-state index is 6.52. The van der Waals surface area contributed by atoms with Gasteiger partial charge in [-0.25, -0.2) is 9.97 Å². The SMILES string of the molecule is COCCN[C@H]1CC[C@H](Nc2cc(-c3cc(NCC4(C)CC4)cnc3Cl)c(Cl)cn2)CC1. The molecule has 0 bridgehead atoms. The van der Waals surface area contributed by atoms with Crippen molar-refractivity contribution in [3.05, 3.63) is 34.7 Å². The molecule has 0 atom stereocenters. The van der Waals surface area contributed by atoms with Crippen molar-refractivity contribution in [1.82, 2.24) is 15.3 Å². The van der Waals surface area contributed by atoms with E-state index in [9.17, 15) is 0 Å². The first-order chi connectivity index (χ1) is 15.5. The Labute approximate surface area is 200 Å². The molecule has 2 aromatic rings. The van der Waals surface area contributed by atoms with E-state index >= 15 is 0 Å². The number of pyridine rings is 2. The zero-order valence-corrected chi connectivity index (χ0v) is 20.4. The van der Waals surface area contributed by atoms with Crippen LogP contribution >= 0.6 is 23.2 Å². The minimum Gasteiger partial charge on any atom is -0.383 e. The van der Waals surface area contributed by atoms with Crippen molar-refractivity contribution in [1.29, 1.82) is 0 Å². The summed E-state index contributed by atoms with van der Waals surface area (Å²) in [4.78, 5) is 8.90. The average molecular weight is 478 g/mol. The van der Waals surface area contributed by atoms with E-state index < -0.39 is 0 Å². The van der Waals surface area contributed by atoms with Crippen molar-refractivity contribution in [3.8, 4) is 11.1 Å². The van der Waals surface area contributed by atoms with E-state index in [1.165, 1.54) is 12.8 Å². The molecule has 6 nitrogen and oxygen atoms in total. The van der Waals surface area contributed by atoms with Crippen LogP contribution in [0.5, 0.6) is 0 Å². The Bertz CT molecular complexity index is 913. The number of aromatic nitrogens is 2. The number of nitrogens with zero attached hydrogens (tertiary/aromatic N) is 2. The summed E-state index contributed by atoms with van der Waals surface area (Å²) in [6, 6.07) is 4.98. The first-order valence-corrected chi connectivity index (χ1v) is 12.3. The van der Waals surface area contributed by atoms with Crippen molar-refractivity contribution < 1.29 is 4.74 Å². The third kappa shape index (κ3) is 6.25. The predicted octanol–water partition coefficient (Wildman–Crippen LogP) is 5.62. The molecule has 0 aliphatic heterocycles. The maximum Gasteiger partial charge on any atom is 0.137 e. The predicted molar refractivity (Wildman–Crippen MR) is 133 cm³/mol. The third-order valence-electron chi connectivity index (χ3n) is 6.63. The summed E-state index contributed by atoms with van der Waals surface area (Å²) < 4.78 is 5.13. The van der Waals surface area contributed by atoms with Crippen LogP contribution in [-0.4, -0.2) is 48.9 Å². The Morgan fingerprint density at radius 1 is 1.03 bits per heavy atom. The Morgan fingerprint density at radius 3 is 2.50 bits per heavy atom. The van der Waals surface area contributed by atoms with Gasteiger partial charge in [0.2, 0.25) is 0 Å². The fraction of sp³-hybridized carbons (Fsp3) is 0.583. The van der Waals surface area contributed by atoms with Crippen LogP contribution in [-0.2, 0) is 4.74 Å². The summed E-state index contributed by atoms with van der Waals surface area (Å²) in [7, 11) is 1.74. The van der Waals surface area contributed by atoms with Crippen LogP contribution < -0.4 is 16.0 Å². The van der Waals surface area contributed by atoms with E-state index in [2.05, 4.69) is 32.8 Å². The van der Waals surface area contributed by atoms with Gasteiger partial charge in [0.1, 0.15) is 11.0 Å². The highest BCUT2D eigenvalue weighted by Gasteiger charge is 2.36. The summed E-state index contributed by atoms with van der Waals surface area (Å²) >= 11 is 13.0. The topological polar surface area (TPSA) is 71.1 Å². The van der Waals surface area contributed by atoms with Crippen molar-refractivity contribution in [2.24, 2.45) is 5.41 Å². The lowest BCUT2D eigenvalue weighted by molar-refractivity contribution is 0.191. The van der Waals surface area contributed by atoms with E-state index in [1.54, 1.807) is 19.5 Å². The van der Waals surface area contributed by atoms with Crippen LogP contribution in [0.25, 0.3) is 11.1 Å². The minimum atomic E-state index is 0.401. The summed E-state index contributed by atoms with van der Waals surface area (Å²) in [5, 5.41) is 11.7. The summed E-state index contributed by atoms with van der Waals surface area (Å²) in [5.74, 6) is 0.820. The molecule has 2 heterocycles. The molecule has 174 valence electrons. The van der Waals surface area contributed by atoms with Crippen LogP contribution in [0.15, 0.2) is 24.5 Å². The zero-order valence-electron chi connectivity index (χ0n) is 18.9. The molecule has 3 N–H and O–H groups in total. The van der Waals surface area contributed by atoms with Gasteiger partial charge in [-0.15, -0.1) is 0 Å². The molecular weight excluding hydrogens is 445 g/mol. The lowest BCUT2D eigenvalue weighted by Gasteiger charge is -2.30. The lowest BCUT2D eigenvalue weighted by atomic mass is 9.91. The molecule has 0 radical (unpaired) electrons. The van der Waals surface area contributed by atoms with E-state index in [1.807, 2.05) is 12.1 Å². The normalized spacial score (nSPS) is 21.9. The Hall–Kier alpha value is -1.60. The quantitative estimate of drug-likeness (QED) is 0.304. The highest BCUT2D eigenvalue weighted by molar-refractivity contribution is 6.36. The van der Waals surface area contributed by atoms with Gasteiger partial charge in [0.25, 0.3) is 0 Å². The summed E-state index contributed by atoms with van der Waals surface area (Å²) in [6.07, 6.45) is 10.5. The van der Waals surface area contributed by atoms with Crippen molar-refractivity contribution in [3.63, 3.8) is 0 Å². The first-order valence-electron chi connectivity index (χ1n) is 11.5. The Balaban J connectivity index is 1.41. The molecule has 2 fully saturated rings. The van der Waals surface area contributed by atoms with Gasteiger partial charge in [-0.1, -0.05) is 30.1 Å². The molecule has 32 heavy (non-hydrogen) atoms. The zero-order chi connectivity index (χ0) is 22.6. The molecule has 0 saturated heterocycles. The van der Waals surface area contributed by atoms with Gasteiger partial charge < -0.3 is 20.7 Å². The fourth-order valence-corrected chi connectivity index (χ4v) is 4.59. The van der Waals surface area contributed by atoms with Gasteiger partial charge in [-0.3, -0.25) is 0 Å². The van der Waals surface area contributed by atoms with Crippen LogP contribution in [0.1, 0.15) is 45.4 Å². The van der Waals surface area contributed by atoms with Gasteiger partial charge in [-0.2, -0.15) is 0 Å². The molecule has 2 saturated carbocycles. The molecule has 4 rings (SSSR count). The van der Waals surface area contributed by atoms with E-state index in [0.29, 0.717) is 27.7 Å². The fourth-order valence-electron chi connectivity index (χ4n) is 4.18. The van der Waals surface area contributed by atoms with E-state index in [0.717, 1.165) is 68.0 Å². The minimum absolute atomic E-state index is 0.401. The van der Waals surface area contributed by atoms with Crippen LogP contribution in [0, 0.1) is 5.41 Å². The van der Waals surface area contributed by atoms with Crippen molar-refractivity contribution in [2.75, 3.05) is 37.4 Å². The molecule has 0 unspecified atom stereocenters. The van der Waals surface area contributed by atoms with Gasteiger partial charge in [-0.05, 0) is 56.1 Å². The van der Waals surface area contributed by atoms with E-state index in [-0.39, 0.29) is 0 Å². The van der Waals surface area contributed by atoms with Crippen molar-refractivity contribution >= 4 is 34.7 Å². The van der Waals surface area contributed by atoms with E-state index in [4.69, 9.17) is 27.9 Å². The van der Waals surface area contributed by atoms with Gasteiger partial charge >= 0.3 is 0 Å². The van der Waals surface area contributed by atoms with Crippen LogP contribution in [0.2, 0.25) is 10.2 Å². The molecular formula is C24H33Cl2N5O. The molecule has 0 amide bonds. The lowest BCUT2D eigenvalue weighted by Crippen LogP contribution is -2.38. The molecule has 0 aromatic carbocycles. The number of hydrogen-bond donors (Lipinski definition) is 3. The van der Waals surface area contributed by atoms with Gasteiger partial charge in [0, 0.05) is 49.6 Å². The number of methoxy groups -OCH3 is 1. The second-order valence-electron chi connectivity index (χ2n) is 9.42. The molecule has 2 aromatic heterocycles. The number of anilines is 2. The Morgan fingerprint density at radius 2 is 1.78 bits per heavy atom. The number of halogens is 2. The van der Waals surface area contributed by atoms with Crippen molar-refractivity contribution in [2.45, 2.75) is 57.5 Å². The Kier molecular flexibility index (Phi) is 7.77. The number of hydrogen-bond acceptors (Lipinski definition) is 6. The molecule has 8 heteroatoms. The summed E-state index contributed by atoms with van der Waals surface area (Å²) in [6.45, 7) is 4.90. The molecule has 2 aliphatic carbocycles. The first kappa shape index (κ1) is 23.6. The highest BCUT2D eigenvalue weighted by Crippen LogP contribution is 2.45. The third-order valence-corrected chi connectivity index (χ3v) is 7.23. The van der Waals surface area contributed by atoms with Crippen LogP contribution in [0.4, 0.5) is 11.5 Å². The standard InChI is InChI=1S/C24H33Cl2N5O/c1-24(7-8-24)15-30-18-11-20(23(26)29-13-18)19-12-22(28-14-21(19)25)31-17-5-3-16(4-6-17)27-9-10-32-2/h11-14,16-17,27,30H,3-10,15H2,1-2H3,(H,28,31)/t16-,17-. The second kappa shape index (κ2) is 10.6.